The average molecular weight is 249 g/mol. The van der Waals surface area contributed by atoms with E-state index in [-0.39, 0.29) is 5.56 Å². The van der Waals surface area contributed by atoms with Gasteiger partial charge in [-0.15, -0.1) is 0 Å². The lowest BCUT2D eigenvalue weighted by atomic mass is 9.96. The van der Waals surface area contributed by atoms with Gasteiger partial charge in [-0.3, -0.25) is 0 Å². The second-order valence-electron chi connectivity index (χ2n) is 4.79. The Morgan fingerprint density at radius 3 is 2.18 bits per heavy atom. The highest BCUT2D eigenvalue weighted by molar-refractivity contribution is 5.26. The minimum Gasteiger partial charge on any atom is -0.326 e. The van der Waals surface area contributed by atoms with Crippen LogP contribution in [0.3, 0.4) is 0 Å². The number of halogens is 4. The lowest BCUT2D eigenvalue weighted by molar-refractivity contribution is -0.137. The van der Waals surface area contributed by atoms with Crippen LogP contribution < -0.4 is 5.73 Å². The molecule has 1 aromatic rings. The molecule has 1 nitrogen and oxygen atoms in total. The number of alkyl halides is 3. The van der Waals surface area contributed by atoms with Crippen LogP contribution in [0.1, 0.15) is 31.4 Å². The fraction of sp³-hybridized carbons (Fsp3) is 0.500. The Labute approximate surface area is 97.6 Å². The summed E-state index contributed by atoms with van der Waals surface area (Å²) in [6.07, 6.45) is -3.67. The zero-order valence-corrected chi connectivity index (χ0v) is 9.74. The second-order valence-corrected chi connectivity index (χ2v) is 4.79. The fourth-order valence-corrected chi connectivity index (χ4v) is 1.38. The van der Waals surface area contributed by atoms with Crippen LogP contribution >= 0.6 is 0 Å². The van der Waals surface area contributed by atoms with Gasteiger partial charge < -0.3 is 5.73 Å². The number of hydrogen-bond donors (Lipinski definition) is 1. The van der Waals surface area contributed by atoms with Gasteiger partial charge in [0.05, 0.1) is 5.56 Å². The Morgan fingerprint density at radius 2 is 1.76 bits per heavy atom. The molecule has 0 fully saturated rings. The van der Waals surface area contributed by atoms with Crippen molar-refractivity contribution in [1.82, 2.24) is 0 Å². The average Bonchev–Trinajstić information content (AvgIpc) is 2.12. The van der Waals surface area contributed by atoms with E-state index in [1.165, 1.54) is 6.07 Å². The molecule has 0 bridgehead atoms. The van der Waals surface area contributed by atoms with Gasteiger partial charge in [0.2, 0.25) is 0 Å². The van der Waals surface area contributed by atoms with Crippen LogP contribution in [-0.2, 0) is 12.6 Å². The highest BCUT2D eigenvalue weighted by Crippen LogP contribution is 2.30. The summed E-state index contributed by atoms with van der Waals surface area (Å²) in [6, 6.07) is 2.59. The predicted octanol–water partition coefficient (Wildman–Crippen LogP) is 3.51. The van der Waals surface area contributed by atoms with E-state index in [9.17, 15) is 17.6 Å². The van der Waals surface area contributed by atoms with E-state index >= 15 is 0 Å². The number of rotatable bonds is 3. The minimum atomic E-state index is -4.51. The van der Waals surface area contributed by atoms with Crippen LogP contribution in [0.5, 0.6) is 0 Å². The molecule has 5 heteroatoms. The van der Waals surface area contributed by atoms with E-state index in [1.807, 2.05) is 0 Å². The van der Waals surface area contributed by atoms with Crippen molar-refractivity contribution in [3.8, 4) is 0 Å². The third-order valence-corrected chi connectivity index (χ3v) is 2.42. The first-order valence-electron chi connectivity index (χ1n) is 5.24. The summed E-state index contributed by atoms with van der Waals surface area (Å²) >= 11 is 0. The highest BCUT2D eigenvalue weighted by atomic mass is 19.4. The van der Waals surface area contributed by atoms with Crippen molar-refractivity contribution in [3.63, 3.8) is 0 Å². The molecule has 0 spiro atoms. The maximum atomic E-state index is 13.4. The molecule has 0 aliphatic carbocycles. The molecule has 2 N–H and O–H groups in total. The third kappa shape index (κ3) is 4.34. The maximum Gasteiger partial charge on any atom is 0.416 e. The largest absolute Gasteiger partial charge is 0.416 e. The molecule has 17 heavy (non-hydrogen) atoms. The molecule has 1 aromatic carbocycles. The van der Waals surface area contributed by atoms with Crippen LogP contribution in [0.15, 0.2) is 18.2 Å². The molecule has 0 amide bonds. The topological polar surface area (TPSA) is 26.0 Å². The Kier molecular flexibility index (Phi) is 3.81. The predicted molar refractivity (Wildman–Crippen MR) is 58.0 cm³/mol. The molecule has 0 atom stereocenters. The van der Waals surface area contributed by atoms with Crippen molar-refractivity contribution >= 4 is 0 Å². The zero-order valence-electron chi connectivity index (χ0n) is 9.74. The van der Waals surface area contributed by atoms with Gasteiger partial charge >= 0.3 is 6.18 Å². The van der Waals surface area contributed by atoms with Crippen molar-refractivity contribution < 1.29 is 17.6 Å². The van der Waals surface area contributed by atoms with Gasteiger partial charge in [-0.05, 0) is 44.4 Å². The smallest absolute Gasteiger partial charge is 0.326 e. The van der Waals surface area contributed by atoms with E-state index in [0.717, 1.165) is 6.07 Å². The Morgan fingerprint density at radius 1 is 1.18 bits per heavy atom. The van der Waals surface area contributed by atoms with E-state index < -0.39 is 23.1 Å². The number of hydrogen-bond acceptors (Lipinski definition) is 1. The summed E-state index contributed by atoms with van der Waals surface area (Å²) in [7, 11) is 0. The molecule has 0 saturated carbocycles. The lowest BCUT2D eigenvalue weighted by Crippen LogP contribution is -2.32. The van der Waals surface area contributed by atoms with Gasteiger partial charge in [0.25, 0.3) is 0 Å². The zero-order chi connectivity index (χ0) is 13.3. The number of benzene rings is 1. The molecule has 0 aliphatic heterocycles. The lowest BCUT2D eigenvalue weighted by Gasteiger charge is -2.18. The van der Waals surface area contributed by atoms with Crippen molar-refractivity contribution in [2.75, 3.05) is 0 Å². The van der Waals surface area contributed by atoms with Crippen molar-refractivity contribution in [1.29, 1.82) is 0 Å². The monoisotopic (exact) mass is 249 g/mol. The van der Waals surface area contributed by atoms with Crippen LogP contribution in [0.25, 0.3) is 0 Å². The van der Waals surface area contributed by atoms with E-state index in [1.54, 1.807) is 13.8 Å². The summed E-state index contributed by atoms with van der Waals surface area (Å²) < 4.78 is 50.3. The molecular formula is C12H15F4N. The summed E-state index contributed by atoms with van der Waals surface area (Å²) in [4.78, 5) is 0. The minimum absolute atomic E-state index is 0.261. The molecule has 0 unspecified atom stereocenters. The summed E-state index contributed by atoms with van der Waals surface area (Å²) in [5.41, 5.74) is 4.56. The molecular weight excluding hydrogens is 234 g/mol. The van der Waals surface area contributed by atoms with Crippen LogP contribution in [0, 0.1) is 5.82 Å². The number of aryl methyl sites for hydroxylation is 1. The standard InChI is InChI=1S/C12H15F4N/c1-11(2,17)6-5-8-3-4-9(7-10(8)13)12(14,15)16/h3-4,7H,5-6,17H2,1-2H3. The molecule has 0 radical (unpaired) electrons. The Balaban J connectivity index is 2.84. The molecule has 0 heterocycles. The summed E-state index contributed by atoms with van der Waals surface area (Å²) in [6.45, 7) is 3.57. The molecule has 0 aliphatic rings. The Bertz CT molecular complexity index is 390. The van der Waals surface area contributed by atoms with Crippen molar-refractivity contribution in [2.45, 2.75) is 38.4 Å². The first-order valence-corrected chi connectivity index (χ1v) is 5.24. The second kappa shape index (κ2) is 4.64. The first kappa shape index (κ1) is 14.0. The highest BCUT2D eigenvalue weighted by Gasteiger charge is 2.31. The first-order chi connectivity index (χ1) is 7.59. The van der Waals surface area contributed by atoms with Crippen molar-refractivity contribution in [3.05, 3.63) is 35.1 Å². The summed E-state index contributed by atoms with van der Waals surface area (Å²) in [5, 5.41) is 0. The van der Waals surface area contributed by atoms with Gasteiger partial charge in [0.1, 0.15) is 5.82 Å². The van der Waals surface area contributed by atoms with Gasteiger partial charge in [0.15, 0.2) is 0 Å². The van der Waals surface area contributed by atoms with Gasteiger partial charge in [-0.1, -0.05) is 6.07 Å². The summed E-state index contributed by atoms with van der Waals surface area (Å²) in [5.74, 6) is -0.830. The SMILES string of the molecule is CC(C)(N)CCc1ccc(C(F)(F)F)cc1F. The molecule has 96 valence electrons. The molecule has 0 saturated heterocycles. The van der Waals surface area contributed by atoms with Gasteiger partial charge in [0, 0.05) is 5.54 Å². The molecule has 0 aromatic heterocycles. The quantitative estimate of drug-likeness (QED) is 0.815. The van der Waals surface area contributed by atoms with E-state index in [2.05, 4.69) is 0 Å². The van der Waals surface area contributed by atoms with Crippen molar-refractivity contribution in [2.24, 2.45) is 5.73 Å². The normalized spacial score (nSPS) is 12.9. The molecule has 1 rings (SSSR count). The van der Waals surface area contributed by atoms with Crippen LogP contribution in [0.2, 0.25) is 0 Å². The van der Waals surface area contributed by atoms with Crippen LogP contribution in [0.4, 0.5) is 17.6 Å². The maximum absolute atomic E-state index is 13.4. The number of nitrogens with two attached hydrogens (primary N) is 1. The van der Waals surface area contributed by atoms with Crippen LogP contribution in [-0.4, -0.2) is 5.54 Å². The fourth-order valence-electron chi connectivity index (χ4n) is 1.38. The Hall–Kier alpha value is -1.10. The van der Waals surface area contributed by atoms with Gasteiger partial charge in [-0.25, -0.2) is 4.39 Å². The van der Waals surface area contributed by atoms with E-state index in [0.29, 0.717) is 18.9 Å². The van der Waals surface area contributed by atoms with E-state index in [4.69, 9.17) is 5.73 Å². The third-order valence-electron chi connectivity index (χ3n) is 2.42. The van der Waals surface area contributed by atoms with Gasteiger partial charge in [-0.2, -0.15) is 13.2 Å².